The van der Waals surface area contributed by atoms with Crippen molar-refractivity contribution in [3.63, 3.8) is 0 Å². The summed E-state index contributed by atoms with van der Waals surface area (Å²) < 4.78 is 1.34. The highest BCUT2D eigenvalue weighted by atomic mass is 16.4. The first-order chi connectivity index (χ1) is 8.55. The fraction of sp³-hybridized carbons (Fsp3) is 0.600. The van der Waals surface area contributed by atoms with Crippen molar-refractivity contribution in [2.24, 2.45) is 5.73 Å². The number of nitrogens with two attached hydrogens (primary N) is 1. The van der Waals surface area contributed by atoms with Gasteiger partial charge in [0.25, 0.3) is 0 Å². The number of carboxylic acids is 1. The summed E-state index contributed by atoms with van der Waals surface area (Å²) in [4.78, 5) is 22.8. The molecular weight excluding hydrogens is 238 g/mol. The second-order valence-corrected chi connectivity index (χ2v) is 4.40. The molecule has 1 aromatic heterocycles. The molecule has 0 bridgehead atoms. The van der Waals surface area contributed by atoms with E-state index in [9.17, 15) is 9.59 Å². The van der Waals surface area contributed by atoms with Gasteiger partial charge in [-0.1, -0.05) is 5.21 Å². The molecule has 8 nitrogen and oxygen atoms in total. The van der Waals surface area contributed by atoms with Crippen molar-refractivity contribution >= 4 is 11.9 Å². The van der Waals surface area contributed by atoms with Gasteiger partial charge in [0, 0.05) is 6.54 Å². The van der Waals surface area contributed by atoms with E-state index in [0.29, 0.717) is 18.5 Å². The van der Waals surface area contributed by atoms with Gasteiger partial charge in [0.05, 0.1) is 11.9 Å². The Bertz CT molecular complexity index is 466. The highest BCUT2D eigenvalue weighted by Gasteiger charge is 2.45. The summed E-state index contributed by atoms with van der Waals surface area (Å²) >= 11 is 0. The molecule has 1 saturated carbocycles. The van der Waals surface area contributed by atoms with E-state index in [1.54, 1.807) is 6.20 Å². The standard InChI is InChI=1S/C10H15N5O3/c11-4-7-5-15(14-13-7)6-8(16)12-10(9(17)18)2-1-3-10/h5H,1-4,6,11H2,(H,12,16)(H,17,18). The number of nitrogens with one attached hydrogen (secondary N) is 1. The van der Waals surface area contributed by atoms with E-state index >= 15 is 0 Å². The fourth-order valence-electron chi connectivity index (χ4n) is 1.89. The molecule has 1 aromatic rings. The van der Waals surface area contributed by atoms with Gasteiger partial charge in [-0.2, -0.15) is 0 Å². The molecule has 8 heteroatoms. The summed E-state index contributed by atoms with van der Waals surface area (Å²) in [6, 6.07) is 0. The third-order valence-corrected chi connectivity index (χ3v) is 3.10. The Morgan fingerprint density at radius 2 is 2.28 bits per heavy atom. The van der Waals surface area contributed by atoms with Gasteiger partial charge in [-0.15, -0.1) is 5.10 Å². The summed E-state index contributed by atoms with van der Waals surface area (Å²) in [6.07, 6.45) is 3.32. The predicted octanol–water partition coefficient (Wildman–Crippen LogP) is -1.14. The molecule has 1 aliphatic rings. The van der Waals surface area contributed by atoms with Crippen LogP contribution in [0.3, 0.4) is 0 Å². The summed E-state index contributed by atoms with van der Waals surface area (Å²) in [7, 11) is 0. The number of aliphatic carboxylic acids is 1. The first kappa shape index (κ1) is 12.5. The number of nitrogens with zero attached hydrogens (tertiary/aromatic N) is 3. The largest absolute Gasteiger partial charge is 0.480 e. The second kappa shape index (κ2) is 4.73. The van der Waals surface area contributed by atoms with Crippen LogP contribution in [-0.2, 0) is 22.7 Å². The van der Waals surface area contributed by atoms with Crippen LogP contribution in [-0.4, -0.2) is 37.5 Å². The SMILES string of the molecule is NCc1cn(CC(=O)NC2(C(=O)O)CCC2)nn1. The van der Waals surface area contributed by atoms with E-state index in [1.165, 1.54) is 4.68 Å². The zero-order valence-electron chi connectivity index (χ0n) is 9.80. The Balaban J connectivity index is 1.94. The van der Waals surface area contributed by atoms with Crippen LogP contribution in [0.2, 0.25) is 0 Å². The maximum absolute atomic E-state index is 11.7. The van der Waals surface area contributed by atoms with E-state index < -0.39 is 11.5 Å². The lowest BCUT2D eigenvalue weighted by molar-refractivity contribution is -0.151. The first-order valence-corrected chi connectivity index (χ1v) is 5.69. The van der Waals surface area contributed by atoms with E-state index in [0.717, 1.165) is 6.42 Å². The maximum atomic E-state index is 11.7. The summed E-state index contributed by atoms with van der Waals surface area (Å²) in [6.45, 7) is 0.197. The van der Waals surface area contributed by atoms with Crippen LogP contribution in [0.1, 0.15) is 25.0 Å². The van der Waals surface area contributed by atoms with Gasteiger partial charge in [-0.05, 0) is 19.3 Å². The van der Waals surface area contributed by atoms with E-state index in [1.807, 2.05) is 0 Å². The van der Waals surface area contributed by atoms with Crippen LogP contribution in [0.15, 0.2) is 6.20 Å². The third kappa shape index (κ3) is 2.33. The Kier molecular flexibility index (Phi) is 3.28. The van der Waals surface area contributed by atoms with Gasteiger partial charge in [0.15, 0.2) is 0 Å². The van der Waals surface area contributed by atoms with Crippen LogP contribution in [0.5, 0.6) is 0 Å². The summed E-state index contributed by atoms with van der Waals surface area (Å²) in [5, 5.41) is 19.1. The maximum Gasteiger partial charge on any atom is 0.329 e. The quantitative estimate of drug-likeness (QED) is 0.609. The zero-order chi connectivity index (χ0) is 13.2. The topological polar surface area (TPSA) is 123 Å². The number of rotatable bonds is 5. The van der Waals surface area contributed by atoms with Crippen LogP contribution in [0, 0.1) is 0 Å². The van der Waals surface area contributed by atoms with Gasteiger partial charge in [-0.25, -0.2) is 9.48 Å². The van der Waals surface area contributed by atoms with Gasteiger partial charge in [0.1, 0.15) is 12.1 Å². The van der Waals surface area contributed by atoms with E-state index in [-0.39, 0.29) is 19.0 Å². The Morgan fingerprint density at radius 1 is 1.56 bits per heavy atom. The van der Waals surface area contributed by atoms with Crippen molar-refractivity contribution in [1.29, 1.82) is 0 Å². The van der Waals surface area contributed by atoms with Crippen molar-refractivity contribution in [3.05, 3.63) is 11.9 Å². The molecule has 0 aromatic carbocycles. The molecule has 1 heterocycles. The average Bonchev–Trinajstić information content (AvgIpc) is 2.70. The Morgan fingerprint density at radius 3 is 2.72 bits per heavy atom. The predicted molar refractivity (Wildman–Crippen MR) is 60.3 cm³/mol. The van der Waals surface area contributed by atoms with E-state index in [4.69, 9.17) is 10.8 Å². The molecule has 0 atom stereocenters. The van der Waals surface area contributed by atoms with Crippen molar-refractivity contribution in [2.45, 2.75) is 37.9 Å². The summed E-state index contributed by atoms with van der Waals surface area (Å²) in [5.41, 5.74) is 4.87. The molecule has 4 N–H and O–H groups in total. The van der Waals surface area contributed by atoms with Crippen molar-refractivity contribution < 1.29 is 14.7 Å². The number of hydrogen-bond acceptors (Lipinski definition) is 5. The number of hydrogen-bond donors (Lipinski definition) is 3. The number of aromatic nitrogens is 3. The molecule has 1 fully saturated rings. The first-order valence-electron chi connectivity index (χ1n) is 5.69. The molecule has 2 rings (SSSR count). The third-order valence-electron chi connectivity index (χ3n) is 3.10. The minimum absolute atomic E-state index is 0.0535. The number of carboxylic acid groups (broad SMARTS) is 1. The van der Waals surface area contributed by atoms with Crippen molar-refractivity contribution in [1.82, 2.24) is 20.3 Å². The lowest BCUT2D eigenvalue weighted by Crippen LogP contribution is -2.59. The van der Waals surface area contributed by atoms with Gasteiger partial charge >= 0.3 is 5.97 Å². The number of carbonyl (C=O) groups excluding carboxylic acids is 1. The number of carbonyl (C=O) groups is 2. The van der Waals surface area contributed by atoms with Gasteiger partial charge in [0.2, 0.25) is 5.91 Å². The van der Waals surface area contributed by atoms with Gasteiger partial charge < -0.3 is 16.2 Å². The van der Waals surface area contributed by atoms with Crippen molar-refractivity contribution in [2.75, 3.05) is 0 Å². The average molecular weight is 253 g/mol. The highest BCUT2D eigenvalue weighted by Crippen LogP contribution is 2.31. The van der Waals surface area contributed by atoms with Crippen LogP contribution < -0.4 is 11.1 Å². The van der Waals surface area contributed by atoms with Crippen LogP contribution in [0.4, 0.5) is 0 Å². The molecular formula is C10H15N5O3. The Hall–Kier alpha value is -1.96. The molecule has 1 amide bonds. The molecule has 1 aliphatic carbocycles. The fourth-order valence-corrected chi connectivity index (χ4v) is 1.89. The molecule has 0 aliphatic heterocycles. The summed E-state index contributed by atoms with van der Waals surface area (Å²) in [5.74, 6) is -1.37. The molecule has 0 spiro atoms. The van der Waals surface area contributed by atoms with Gasteiger partial charge in [-0.3, -0.25) is 4.79 Å². The lowest BCUT2D eigenvalue weighted by Gasteiger charge is -2.38. The molecule has 0 radical (unpaired) electrons. The lowest BCUT2D eigenvalue weighted by atomic mass is 9.77. The minimum Gasteiger partial charge on any atom is -0.480 e. The molecule has 98 valence electrons. The smallest absolute Gasteiger partial charge is 0.329 e. The van der Waals surface area contributed by atoms with Crippen molar-refractivity contribution in [3.8, 4) is 0 Å². The normalized spacial score (nSPS) is 16.9. The molecule has 18 heavy (non-hydrogen) atoms. The molecule has 0 saturated heterocycles. The highest BCUT2D eigenvalue weighted by molar-refractivity contribution is 5.87. The minimum atomic E-state index is -1.09. The van der Waals surface area contributed by atoms with Crippen LogP contribution >= 0.6 is 0 Å². The van der Waals surface area contributed by atoms with Crippen LogP contribution in [0.25, 0.3) is 0 Å². The second-order valence-electron chi connectivity index (χ2n) is 4.40. The Labute approximate surface area is 103 Å². The number of amides is 1. The molecule has 0 unspecified atom stereocenters. The zero-order valence-corrected chi connectivity index (χ0v) is 9.80. The van der Waals surface area contributed by atoms with E-state index in [2.05, 4.69) is 15.6 Å². The monoisotopic (exact) mass is 253 g/mol.